The van der Waals surface area contributed by atoms with E-state index in [0.717, 1.165) is 0 Å². The van der Waals surface area contributed by atoms with Crippen LogP contribution < -0.4 is 10.6 Å². The zero-order valence-corrected chi connectivity index (χ0v) is 13.2. The van der Waals surface area contributed by atoms with Crippen molar-refractivity contribution in [3.05, 3.63) is 0 Å². The Morgan fingerprint density at radius 2 is 1.82 bits per heavy atom. The van der Waals surface area contributed by atoms with Crippen LogP contribution in [-0.2, 0) is 23.9 Å². The van der Waals surface area contributed by atoms with Crippen molar-refractivity contribution in [2.24, 2.45) is 0 Å². The van der Waals surface area contributed by atoms with E-state index < -0.39 is 17.9 Å². The van der Waals surface area contributed by atoms with Crippen LogP contribution in [0, 0.1) is 0 Å². The summed E-state index contributed by atoms with van der Waals surface area (Å²) in [4.78, 5) is 33.3. The van der Waals surface area contributed by atoms with Gasteiger partial charge in [-0.15, -0.1) is 0 Å². The smallest absolute Gasteiger partial charge is 0.326 e. The van der Waals surface area contributed by atoms with Crippen molar-refractivity contribution in [2.45, 2.75) is 39.2 Å². The van der Waals surface area contributed by atoms with Gasteiger partial charge in [-0.05, 0) is 26.2 Å². The molecule has 0 aromatic heterocycles. The molecule has 0 rings (SSSR count). The molecule has 2 amide bonds. The van der Waals surface area contributed by atoms with Gasteiger partial charge in [0.15, 0.2) is 0 Å². The van der Waals surface area contributed by atoms with Gasteiger partial charge in [0, 0.05) is 20.1 Å². The number of carbonyl (C=O) groups is 3. The number of hydrogen-bond donors (Lipinski definition) is 3. The fraction of sp³-hybridized carbons (Fsp3) is 0.786. The molecule has 3 N–H and O–H groups in total. The molecule has 0 saturated heterocycles. The monoisotopic (exact) mass is 318 g/mol. The summed E-state index contributed by atoms with van der Waals surface area (Å²) in [6, 6.07) is -0.944. The second-order valence-electron chi connectivity index (χ2n) is 4.69. The van der Waals surface area contributed by atoms with Crippen LogP contribution >= 0.6 is 0 Å². The van der Waals surface area contributed by atoms with Crippen LogP contribution in [0.4, 0.5) is 0 Å². The lowest BCUT2D eigenvalue weighted by atomic mass is 10.1. The van der Waals surface area contributed by atoms with Gasteiger partial charge in [0.25, 0.3) is 0 Å². The van der Waals surface area contributed by atoms with E-state index in [2.05, 4.69) is 10.6 Å². The molecular weight excluding hydrogens is 292 g/mol. The number of rotatable bonds is 13. The maximum Gasteiger partial charge on any atom is 0.326 e. The van der Waals surface area contributed by atoms with Crippen LogP contribution in [0.25, 0.3) is 0 Å². The summed E-state index contributed by atoms with van der Waals surface area (Å²) in [6.45, 7) is 4.85. The first-order valence-corrected chi connectivity index (χ1v) is 7.39. The van der Waals surface area contributed by atoms with Crippen molar-refractivity contribution in [2.75, 3.05) is 33.0 Å². The molecule has 128 valence electrons. The van der Waals surface area contributed by atoms with E-state index in [4.69, 9.17) is 14.6 Å². The molecule has 0 aliphatic heterocycles. The molecule has 0 aromatic carbocycles. The fourth-order valence-electron chi connectivity index (χ4n) is 1.66. The zero-order valence-electron chi connectivity index (χ0n) is 13.2. The number of carboxylic acid groups (broad SMARTS) is 1. The summed E-state index contributed by atoms with van der Waals surface area (Å²) >= 11 is 0. The van der Waals surface area contributed by atoms with E-state index in [0.29, 0.717) is 39.0 Å². The summed E-state index contributed by atoms with van der Waals surface area (Å²) in [5.74, 6) is -1.67. The lowest BCUT2D eigenvalue weighted by Gasteiger charge is -2.14. The van der Waals surface area contributed by atoms with E-state index in [1.807, 2.05) is 6.92 Å². The standard InChI is InChI=1S/C14H26N2O6/c1-3-21-8-9-22-10-13(18)16-12(14(19)20)6-4-5-7-15-11(2)17/h12H,3-10H2,1-2H3,(H,15,17)(H,16,18)(H,19,20)/t12-/m0/s1. The van der Waals surface area contributed by atoms with Crippen molar-refractivity contribution >= 4 is 17.8 Å². The van der Waals surface area contributed by atoms with Gasteiger partial charge >= 0.3 is 5.97 Å². The maximum atomic E-state index is 11.6. The number of hydrogen-bond acceptors (Lipinski definition) is 5. The molecule has 0 bridgehead atoms. The van der Waals surface area contributed by atoms with E-state index in [9.17, 15) is 14.4 Å². The molecule has 0 fully saturated rings. The number of amides is 2. The molecule has 8 nitrogen and oxygen atoms in total. The maximum absolute atomic E-state index is 11.6. The van der Waals surface area contributed by atoms with Gasteiger partial charge in [0.2, 0.25) is 11.8 Å². The topological polar surface area (TPSA) is 114 Å². The number of aliphatic carboxylic acids is 1. The molecule has 8 heteroatoms. The van der Waals surface area contributed by atoms with E-state index in [1.165, 1.54) is 6.92 Å². The predicted octanol–water partition coefficient (Wildman–Crippen LogP) is -0.0847. The Morgan fingerprint density at radius 3 is 2.41 bits per heavy atom. The second kappa shape index (κ2) is 13.0. The number of carbonyl (C=O) groups excluding carboxylic acids is 2. The van der Waals surface area contributed by atoms with Crippen molar-refractivity contribution < 1.29 is 29.0 Å². The van der Waals surface area contributed by atoms with E-state index >= 15 is 0 Å². The summed E-state index contributed by atoms with van der Waals surface area (Å²) in [5, 5.41) is 14.1. The molecule has 0 radical (unpaired) electrons. The predicted molar refractivity (Wildman–Crippen MR) is 79.4 cm³/mol. The molecule has 22 heavy (non-hydrogen) atoms. The van der Waals surface area contributed by atoms with Gasteiger partial charge in [-0.25, -0.2) is 4.79 Å². The number of ether oxygens (including phenoxy) is 2. The number of nitrogens with one attached hydrogen (secondary N) is 2. The Kier molecular flexibility index (Phi) is 12.0. The molecule has 0 spiro atoms. The average Bonchev–Trinajstić information content (AvgIpc) is 2.45. The fourth-order valence-corrected chi connectivity index (χ4v) is 1.66. The highest BCUT2D eigenvalue weighted by Crippen LogP contribution is 2.01. The van der Waals surface area contributed by atoms with Gasteiger partial charge in [-0.1, -0.05) is 0 Å². The van der Waals surface area contributed by atoms with Gasteiger partial charge in [-0.3, -0.25) is 9.59 Å². The van der Waals surface area contributed by atoms with E-state index in [-0.39, 0.29) is 19.1 Å². The molecule has 0 aliphatic rings. The van der Waals surface area contributed by atoms with Crippen molar-refractivity contribution in [3.63, 3.8) is 0 Å². The third-order valence-corrected chi connectivity index (χ3v) is 2.74. The molecule has 0 saturated carbocycles. The van der Waals surface area contributed by atoms with Gasteiger partial charge in [0.1, 0.15) is 12.6 Å². The third kappa shape index (κ3) is 12.1. The first-order valence-electron chi connectivity index (χ1n) is 7.39. The highest BCUT2D eigenvalue weighted by atomic mass is 16.5. The summed E-state index contributed by atoms with van der Waals surface area (Å²) < 4.78 is 10.1. The summed E-state index contributed by atoms with van der Waals surface area (Å²) in [6.07, 6.45) is 1.55. The first kappa shape index (κ1) is 20.3. The summed E-state index contributed by atoms with van der Waals surface area (Å²) in [5.41, 5.74) is 0. The SMILES string of the molecule is CCOCCOCC(=O)N[C@@H](CCCCNC(C)=O)C(=O)O. The minimum atomic E-state index is -1.08. The minimum Gasteiger partial charge on any atom is -0.480 e. The van der Waals surface area contributed by atoms with Gasteiger partial charge in [0.05, 0.1) is 13.2 Å². The van der Waals surface area contributed by atoms with Gasteiger partial charge < -0.3 is 25.2 Å². The van der Waals surface area contributed by atoms with Crippen LogP contribution in [0.2, 0.25) is 0 Å². The largest absolute Gasteiger partial charge is 0.480 e. The highest BCUT2D eigenvalue weighted by molar-refractivity contribution is 5.84. The van der Waals surface area contributed by atoms with Crippen LogP contribution in [0.3, 0.4) is 0 Å². The molecule has 0 aliphatic carbocycles. The third-order valence-electron chi connectivity index (χ3n) is 2.74. The van der Waals surface area contributed by atoms with Crippen LogP contribution in [0.15, 0.2) is 0 Å². The Hall–Kier alpha value is -1.67. The Balaban J connectivity index is 3.85. The summed E-state index contributed by atoms with van der Waals surface area (Å²) in [7, 11) is 0. The number of unbranched alkanes of at least 4 members (excludes halogenated alkanes) is 1. The minimum absolute atomic E-state index is 0.118. The first-order chi connectivity index (χ1) is 10.5. The molecular formula is C14H26N2O6. The molecule has 0 heterocycles. The van der Waals surface area contributed by atoms with Crippen molar-refractivity contribution in [3.8, 4) is 0 Å². The normalized spacial score (nSPS) is 11.7. The molecule has 0 unspecified atom stereocenters. The highest BCUT2D eigenvalue weighted by Gasteiger charge is 2.19. The number of carboxylic acids is 1. The van der Waals surface area contributed by atoms with Crippen molar-refractivity contribution in [1.82, 2.24) is 10.6 Å². The molecule has 0 aromatic rings. The van der Waals surface area contributed by atoms with Crippen LogP contribution in [-0.4, -0.2) is 61.9 Å². The van der Waals surface area contributed by atoms with E-state index in [1.54, 1.807) is 0 Å². The Bertz CT molecular complexity index is 348. The Labute approximate surface area is 130 Å². The second-order valence-corrected chi connectivity index (χ2v) is 4.69. The quantitative estimate of drug-likeness (QED) is 0.409. The van der Waals surface area contributed by atoms with Crippen molar-refractivity contribution in [1.29, 1.82) is 0 Å². The van der Waals surface area contributed by atoms with Gasteiger partial charge in [-0.2, -0.15) is 0 Å². The lowest BCUT2D eigenvalue weighted by molar-refractivity contribution is -0.142. The van der Waals surface area contributed by atoms with Crippen LogP contribution in [0.1, 0.15) is 33.1 Å². The Morgan fingerprint density at radius 1 is 1.14 bits per heavy atom. The average molecular weight is 318 g/mol. The lowest BCUT2D eigenvalue weighted by Crippen LogP contribution is -2.42. The zero-order chi connectivity index (χ0) is 16.8. The van der Waals surface area contributed by atoms with Crippen LogP contribution in [0.5, 0.6) is 0 Å². The molecule has 1 atom stereocenters.